The fourth-order valence-electron chi connectivity index (χ4n) is 2.80. The van der Waals surface area contributed by atoms with E-state index in [1.54, 1.807) is 7.11 Å². The Hall–Kier alpha value is -1.70. The number of benzene rings is 1. The van der Waals surface area contributed by atoms with Gasteiger partial charge in [-0.2, -0.15) is 4.37 Å². The quantitative estimate of drug-likeness (QED) is 0.797. The summed E-state index contributed by atoms with van der Waals surface area (Å²) in [4.78, 5) is 20.7. The second kappa shape index (κ2) is 8.60. The molecule has 1 aliphatic rings. The molecule has 2 heterocycles. The van der Waals surface area contributed by atoms with Crippen molar-refractivity contribution >= 4 is 34.2 Å². The molecule has 1 fully saturated rings. The number of methoxy groups -OCH3 is 1. The van der Waals surface area contributed by atoms with Crippen LogP contribution in [0, 0.1) is 0 Å². The van der Waals surface area contributed by atoms with Crippen LogP contribution >= 0.6 is 23.1 Å². The number of nitrogens with zero attached hydrogens (tertiary/aromatic N) is 4. The van der Waals surface area contributed by atoms with Crippen LogP contribution in [0.5, 0.6) is 0 Å². The Kier molecular flexibility index (Phi) is 6.23. The number of carbonyl (C=O) groups excluding carboxylic acids is 1. The molecule has 0 radical (unpaired) electrons. The second-order valence-electron chi connectivity index (χ2n) is 5.95. The standard InChI is InChI=1S/C17H21ClN4O2S/c1-24-12-16(23)21-7-2-8-22(10-9-21)17-19-15(20-25-17)11-13-3-5-14(18)6-4-13/h3-6H,2,7-12H2,1H3. The lowest BCUT2D eigenvalue weighted by Gasteiger charge is -2.21. The molecule has 0 bridgehead atoms. The minimum atomic E-state index is 0.0463. The summed E-state index contributed by atoms with van der Waals surface area (Å²) in [5, 5.41) is 1.65. The van der Waals surface area contributed by atoms with Gasteiger partial charge in [-0.1, -0.05) is 23.7 Å². The van der Waals surface area contributed by atoms with E-state index < -0.39 is 0 Å². The number of hydrogen-bond acceptors (Lipinski definition) is 6. The molecule has 0 N–H and O–H groups in total. The summed E-state index contributed by atoms with van der Waals surface area (Å²) in [5.41, 5.74) is 1.14. The van der Waals surface area contributed by atoms with Crippen LogP contribution in [0.25, 0.3) is 0 Å². The predicted molar refractivity (Wildman–Crippen MR) is 99.5 cm³/mol. The van der Waals surface area contributed by atoms with Crippen molar-refractivity contribution in [3.8, 4) is 0 Å². The molecular weight excluding hydrogens is 360 g/mol. The van der Waals surface area contributed by atoms with E-state index in [0.717, 1.165) is 47.6 Å². The lowest BCUT2D eigenvalue weighted by Crippen LogP contribution is -2.37. The molecule has 2 aromatic rings. The number of carbonyl (C=O) groups is 1. The minimum absolute atomic E-state index is 0.0463. The van der Waals surface area contributed by atoms with Crippen molar-refractivity contribution in [1.29, 1.82) is 0 Å². The Morgan fingerprint density at radius 2 is 2.04 bits per heavy atom. The Bertz CT molecular complexity index is 707. The van der Waals surface area contributed by atoms with E-state index in [1.165, 1.54) is 11.5 Å². The molecular formula is C17H21ClN4O2S. The summed E-state index contributed by atoms with van der Waals surface area (Å²) >= 11 is 7.34. The Morgan fingerprint density at radius 1 is 1.24 bits per heavy atom. The molecule has 1 aromatic carbocycles. The van der Waals surface area contributed by atoms with Crippen LogP contribution in [0.1, 0.15) is 17.8 Å². The Morgan fingerprint density at radius 3 is 2.80 bits per heavy atom. The van der Waals surface area contributed by atoms with Crippen molar-refractivity contribution in [3.05, 3.63) is 40.7 Å². The van der Waals surface area contributed by atoms with Crippen molar-refractivity contribution in [2.75, 3.05) is 44.8 Å². The van der Waals surface area contributed by atoms with E-state index in [1.807, 2.05) is 29.2 Å². The van der Waals surface area contributed by atoms with E-state index in [-0.39, 0.29) is 12.5 Å². The Labute approximate surface area is 156 Å². The third kappa shape index (κ3) is 4.90. The van der Waals surface area contributed by atoms with Crippen molar-refractivity contribution in [3.63, 3.8) is 0 Å². The van der Waals surface area contributed by atoms with Crippen LogP contribution < -0.4 is 4.90 Å². The van der Waals surface area contributed by atoms with Crippen LogP contribution in [-0.2, 0) is 16.0 Å². The third-order valence-electron chi connectivity index (χ3n) is 4.12. The van der Waals surface area contributed by atoms with Gasteiger partial charge < -0.3 is 14.5 Å². The largest absolute Gasteiger partial charge is 0.375 e. The van der Waals surface area contributed by atoms with Crippen LogP contribution in [0.15, 0.2) is 24.3 Å². The normalized spacial score (nSPS) is 15.3. The van der Waals surface area contributed by atoms with Gasteiger partial charge in [-0.25, -0.2) is 4.98 Å². The van der Waals surface area contributed by atoms with Crippen molar-refractivity contribution in [2.24, 2.45) is 0 Å². The number of anilines is 1. The maximum Gasteiger partial charge on any atom is 0.248 e. The smallest absolute Gasteiger partial charge is 0.248 e. The van der Waals surface area contributed by atoms with Gasteiger partial charge in [0, 0.05) is 56.3 Å². The summed E-state index contributed by atoms with van der Waals surface area (Å²) in [7, 11) is 1.55. The summed E-state index contributed by atoms with van der Waals surface area (Å²) in [6.07, 6.45) is 1.61. The molecule has 8 heteroatoms. The number of aromatic nitrogens is 2. The van der Waals surface area contributed by atoms with E-state index in [0.29, 0.717) is 13.0 Å². The highest BCUT2D eigenvalue weighted by Gasteiger charge is 2.21. The molecule has 3 rings (SSSR count). The highest BCUT2D eigenvalue weighted by Crippen LogP contribution is 2.21. The van der Waals surface area contributed by atoms with Crippen LogP contribution in [0.4, 0.5) is 5.13 Å². The van der Waals surface area contributed by atoms with Gasteiger partial charge in [0.15, 0.2) is 0 Å². The summed E-state index contributed by atoms with van der Waals surface area (Å²) in [6, 6.07) is 7.75. The molecule has 0 unspecified atom stereocenters. The monoisotopic (exact) mass is 380 g/mol. The number of halogens is 1. The van der Waals surface area contributed by atoms with Gasteiger partial charge in [-0.15, -0.1) is 0 Å². The lowest BCUT2D eigenvalue weighted by atomic mass is 10.1. The molecule has 1 amide bonds. The molecule has 0 aliphatic carbocycles. The SMILES string of the molecule is COCC(=O)N1CCCN(c2nc(Cc3ccc(Cl)cc3)ns2)CC1. The number of ether oxygens (including phenoxy) is 1. The number of amides is 1. The summed E-state index contributed by atoms with van der Waals surface area (Å²) in [6.45, 7) is 3.24. The van der Waals surface area contributed by atoms with Gasteiger partial charge in [0.1, 0.15) is 12.4 Å². The molecule has 6 nitrogen and oxygen atoms in total. The fourth-order valence-corrected chi connectivity index (χ4v) is 3.67. The molecule has 0 atom stereocenters. The maximum absolute atomic E-state index is 12.0. The predicted octanol–water partition coefficient (Wildman–Crippen LogP) is 2.47. The van der Waals surface area contributed by atoms with E-state index in [4.69, 9.17) is 16.3 Å². The Balaban J connectivity index is 1.60. The van der Waals surface area contributed by atoms with E-state index in [9.17, 15) is 4.79 Å². The van der Waals surface area contributed by atoms with Crippen molar-refractivity contribution < 1.29 is 9.53 Å². The molecule has 1 aliphatic heterocycles. The van der Waals surface area contributed by atoms with Gasteiger partial charge >= 0.3 is 0 Å². The van der Waals surface area contributed by atoms with Gasteiger partial charge in [0.2, 0.25) is 11.0 Å². The van der Waals surface area contributed by atoms with Gasteiger partial charge in [-0.05, 0) is 24.1 Å². The highest BCUT2D eigenvalue weighted by molar-refractivity contribution is 7.09. The molecule has 1 aromatic heterocycles. The first-order valence-corrected chi connectivity index (χ1v) is 9.39. The highest BCUT2D eigenvalue weighted by atomic mass is 35.5. The topological polar surface area (TPSA) is 58.6 Å². The minimum Gasteiger partial charge on any atom is -0.375 e. The van der Waals surface area contributed by atoms with Crippen molar-refractivity contribution in [1.82, 2.24) is 14.3 Å². The first-order chi connectivity index (χ1) is 12.2. The molecule has 25 heavy (non-hydrogen) atoms. The van der Waals surface area contributed by atoms with Gasteiger partial charge in [-0.3, -0.25) is 4.79 Å². The third-order valence-corrected chi connectivity index (χ3v) is 5.19. The van der Waals surface area contributed by atoms with Gasteiger partial charge in [0.25, 0.3) is 0 Å². The second-order valence-corrected chi connectivity index (χ2v) is 7.12. The first-order valence-electron chi connectivity index (χ1n) is 8.24. The summed E-state index contributed by atoms with van der Waals surface area (Å²) in [5.74, 6) is 0.865. The molecule has 0 saturated carbocycles. The molecule has 0 spiro atoms. The number of rotatable bonds is 5. The zero-order chi connectivity index (χ0) is 17.6. The zero-order valence-corrected chi connectivity index (χ0v) is 15.7. The van der Waals surface area contributed by atoms with Crippen molar-refractivity contribution in [2.45, 2.75) is 12.8 Å². The average molecular weight is 381 g/mol. The maximum atomic E-state index is 12.0. The van der Waals surface area contributed by atoms with Crippen LogP contribution in [-0.4, -0.2) is 60.1 Å². The lowest BCUT2D eigenvalue weighted by molar-refractivity contribution is -0.134. The number of hydrogen-bond donors (Lipinski definition) is 0. The van der Waals surface area contributed by atoms with Gasteiger partial charge in [0.05, 0.1) is 0 Å². The molecule has 1 saturated heterocycles. The zero-order valence-electron chi connectivity index (χ0n) is 14.2. The first kappa shape index (κ1) is 18.1. The fraction of sp³-hybridized carbons (Fsp3) is 0.471. The molecule has 134 valence electrons. The van der Waals surface area contributed by atoms with E-state index in [2.05, 4.69) is 14.3 Å². The van der Waals surface area contributed by atoms with E-state index >= 15 is 0 Å². The van der Waals surface area contributed by atoms with Crippen LogP contribution in [0.3, 0.4) is 0 Å². The van der Waals surface area contributed by atoms with Crippen LogP contribution in [0.2, 0.25) is 5.02 Å². The average Bonchev–Trinajstić information content (AvgIpc) is 2.92. The summed E-state index contributed by atoms with van der Waals surface area (Å²) < 4.78 is 9.42.